The molecule has 1 atom stereocenters. The van der Waals surface area contributed by atoms with Crippen LogP contribution in [0.1, 0.15) is 43.2 Å². The lowest BCUT2D eigenvalue weighted by Crippen LogP contribution is -2.40. The third-order valence-electron chi connectivity index (χ3n) is 4.57. The standard InChI is InChI=1S/C17H27N3O4/c1-5-14-13(8-18-20(14)9-12(2)3)15(21)19-7-6-17(10-19,11-24-4)16(22)23/h8,12H,5-7,9-11H2,1-4H3,(H,22,23). The third-order valence-corrected chi connectivity index (χ3v) is 4.57. The van der Waals surface area contributed by atoms with Crippen LogP contribution in [0.2, 0.25) is 0 Å². The number of ether oxygens (including phenoxy) is 1. The van der Waals surface area contributed by atoms with Gasteiger partial charge in [0.2, 0.25) is 0 Å². The second-order valence-corrected chi connectivity index (χ2v) is 6.93. The van der Waals surface area contributed by atoms with Gasteiger partial charge in [0.15, 0.2) is 0 Å². The summed E-state index contributed by atoms with van der Waals surface area (Å²) in [4.78, 5) is 26.1. The molecule has 2 rings (SSSR count). The lowest BCUT2D eigenvalue weighted by Gasteiger charge is -2.23. The molecule has 1 aromatic heterocycles. The summed E-state index contributed by atoms with van der Waals surface area (Å²) in [6.07, 6.45) is 2.73. The van der Waals surface area contributed by atoms with Crippen molar-refractivity contribution in [2.45, 2.75) is 40.2 Å². The van der Waals surface area contributed by atoms with Crippen molar-refractivity contribution in [3.63, 3.8) is 0 Å². The summed E-state index contributed by atoms with van der Waals surface area (Å²) in [5, 5.41) is 13.9. The first kappa shape index (κ1) is 18.4. The molecule has 2 heterocycles. The number of likely N-dealkylation sites (tertiary alicyclic amines) is 1. The Morgan fingerprint density at radius 2 is 2.17 bits per heavy atom. The minimum absolute atomic E-state index is 0.110. The van der Waals surface area contributed by atoms with Crippen LogP contribution >= 0.6 is 0 Å². The lowest BCUT2D eigenvalue weighted by molar-refractivity contribution is -0.151. The Kier molecular flexibility index (Phi) is 5.64. The van der Waals surface area contributed by atoms with Crippen LogP contribution in [0.3, 0.4) is 0 Å². The molecule has 1 aliphatic rings. The van der Waals surface area contributed by atoms with E-state index in [1.807, 2.05) is 11.6 Å². The van der Waals surface area contributed by atoms with Crippen LogP contribution < -0.4 is 0 Å². The SMILES string of the molecule is CCc1c(C(=O)N2CCC(COC)(C(=O)O)C2)cnn1CC(C)C. The van der Waals surface area contributed by atoms with Crippen molar-refractivity contribution in [1.29, 1.82) is 0 Å². The molecule has 0 radical (unpaired) electrons. The number of amides is 1. The largest absolute Gasteiger partial charge is 0.481 e. The van der Waals surface area contributed by atoms with Crippen LogP contribution in [-0.2, 0) is 22.5 Å². The van der Waals surface area contributed by atoms with Crippen LogP contribution in [0.25, 0.3) is 0 Å². The molecule has 0 saturated carbocycles. The van der Waals surface area contributed by atoms with Crippen molar-refractivity contribution in [1.82, 2.24) is 14.7 Å². The first-order valence-electron chi connectivity index (χ1n) is 8.41. The average Bonchev–Trinajstić information content (AvgIpc) is 3.11. The molecule has 1 saturated heterocycles. The Morgan fingerprint density at radius 3 is 2.71 bits per heavy atom. The van der Waals surface area contributed by atoms with Crippen molar-refractivity contribution in [2.24, 2.45) is 11.3 Å². The highest BCUT2D eigenvalue weighted by Gasteiger charge is 2.46. The summed E-state index contributed by atoms with van der Waals surface area (Å²) in [6.45, 7) is 7.68. The fourth-order valence-electron chi connectivity index (χ4n) is 3.31. The molecule has 0 aromatic carbocycles. The van der Waals surface area contributed by atoms with Crippen molar-refractivity contribution in [2.75, 3.05) is 26.8 Å². The van der Waals surface area contributed by atoms with Crippen LogP contribution in [0.4, 0.5) is 0 Å². The van der Waals surface area contributed by atoms with Gasteiger partial charge in [0.25, 0.3) is 5.91 Å². The van der Waals surface area contributed by atoms with E-state index in [-0.39, 0.29) is 19.1 Å². The molecule has 1 aromatic rings. The summed E-state index contributed by atoms with van der Waals surface area (Å²) in [7, 11) is 1.49. The van der Waals surface area contributed by atoms with Gasteiger partial charge in [0, 0.05) is 26.7 Å². The van der Waals surface area contributed by atoms with Crippen molar-refractivity contribution in [3.8, 4) is 0 Å². The van der Waals surface area contributed by atoms with E-state index < -0.39 is 11.4 Å². The fraction of sp³-hybridized carbons (Fsp3) is 0.706. The molecule has 1 N–H and O–H groups in total. The minimum Gasteiger partial charge on any atom is -0.481 e. The molecular formula is C17H27N3O4. The number of carbonyl (C=O) groups excluding carboxylic acids is 1. The number of aromatic nitrogens is 2. The zero-order valence-electron chi connectivity index (χ0n) is 14.9. The van der Waals surface area contributed by atoms with Crippen LogP contribution in [-0.4, -0.2) is 58.5 Å². The summed E-state index contributed by atoms with van der Waals surface area (Å²) >= 11 is 0. The van der Waals surface area contributed by atoms with Gasteiger partial charge in [-0.05, 0) is 18.8 Å². The molecule has 0 spiro atoms. The van der Waals surface area contributed by atoms with E-state index in [9.17, 15) is 14.7 Å². The van der Waals surface area contributed by atoms with Gasteiger partial charge in [-0.1, -0.05) is 20.8 Å². The Labute approximate surface area is 142 Å². The molecule has 134 valence electrons. The Balaban J connectivity index is 2.21. The summed E-state index contributed by atoms with van der Waals surface area (Å²) < 4.78 is 6.96. The van der Waals surface area contributed by atoms with E-state index in [1.165, 1.54) is 7.11 Å². The van der Waals surface area contributed by atoms with Gasteiger partial charge in [-0.2, -0.15) is 5.10 Å². The maximum Gasteiger partial charge on any atom is 0.313 e. The number of nitrogens with zero attached hydrogens (tertiary/aromatic N) is 3. The second kappa shape index (κ2) is 7.34. The van der Waals surface area contributed by atoms with E-state index >= 15 is 0 Å². The maximum absolute atomic E-state index is 12.9. The molecular weight excluding hydrogens is 310 g/mol. The Bertz CT molecular complexity index is 611. The first-order valence-corrected chi connectivity index (χ1v) is 8.41. The molecule has 7 heteroatoms. The molecule has 1 unspecified atom stereocenters. The number of hydrogen-bond acceptors (Lipinski definition) is 4. The normalized spacial score (nSPS) is 20.8. The topological polar surface area (TPSA) is 84.7 Å². The summed E-state index contributed by atoms with van der Waals surface area (Å²) in [5.41, 5.74) is 0.482. The molecule has 7 nitrogen and oxygen atoms in total. The van der Waals surface area contributed by atoms with Crippen molar-refractivity contribution in [3.05, 3.63) is 17.5 Å². The highest BCUT2D eigenvalue weighted by Crippen LogP contribution is 2.32. The molecule has 1 aliphatic heterocycles. The first-order chi connectivity index (χ1) is 11.3. The van der Waals surface area contributed by atoms with E-state index in [0.29, 0.717) is 30.9 Å². The zero-order valence-corrected chi connectivity index (χ0v) is 14.9. The molecule has 24 heavy (non-hydrogen) atoms. The summed E-state index contributed by atoms with van der Waals surface area (Å²) in [6, 6.07) is 0. The monoisotopic (exact) mass is 337 g/mol. The van der Waals surface area contributed by atoms with Crippen molar-refractivity contribution < 1.29 is 19.4 Å². The number of carboxylic acid groups (broad SMARTS) is 1. The van der Waals surface area contributed by atoms with Crippen LogP contribution in [0, 0.1) is 11.3 Å². The minimum atomic E-state index is -1.01. The van der Waals surface area contributed by atoms with Gasteiger partial charge < -0.3 is 14.7 Å². The van der Waals surface area contributed by atoms with Gasteiger partial charge in [-0.15, -0.1) is 0 Å². The Hall–Kier alpha value is -1.89. The highest BCUT2D eigenvalue weighted by atomic mass is 16.5. The predicted octanol–water partition coefficient (Wildman–Crippen LogP) is 1.66. The summed E-state index contributed by atoms with van der Waals surface area (Å²) in [5.74, 6) is -0.613. The molecule has 1 fully saturated rings. The highest BCUT2D eigenvalue weighted by molar-refractivity contribution is 5.96. The van der Waals surface area contributed by atoms with Crippen LogP contribution in [0.15, 0.2) is 6.20 Å². The average molecular weight is 337 g/mol. The van der Waals surface area contributed by atoms with Gasteiger partial charge in [0.1, 0.15) is 5.41 Å². The van der Waals surface area contributed by atoms with Gasteiger partial charge in [-0.3, -0.25) is 14.3 Å². The quantitative estimate of drug-likeness (QED) is 0.818. The molecule has 0 aliphatic carbocycles. The third kappa shape index (κ3) is 3.45. The number of methoxy groups -OCH3 is 1. The van der Waals surface area contributed by atoms with E-state index in [2.05, 4.69) is 18.9 Å². The Morgan fingerprint density at radius 1 is 1.46 bits per heavy atom. The van der Waals surface area contributed by atoms with Gasteiger partial charge >= 0.3 is 5.97 Å². The van der Waals surface area contributed by atoms with Gasteiger partial charge in [0.05, 0.1) is 24.1 Å². The second-order valence-electron chi connectivity index (χ2n) is 6.93. The zero-order chi connectivity index (χ0) is 17.9. The van der Waals surface area contributed by atoms with Crippen molar-refractivity contribution >= 4 is 11.9 Å². The number of rotatable bonds is 7. The van der Waals surface area contributed by atoms with Crippen LogP contribution in [0.5, 0.6) is 0 Å². The number of carbonyl (C=O) groups is 2. The smallest absolute Gasteiger partial charge is 0.313 e. The molecule has 0 bridgehead atoms. The number of carboxylic acids is 1. The van der Waals surface area contributed by atoms with Gasteiger partial charge in [-0.25, -0.2) is 0 Å². The van der Waals surface area contributed by atoms with E-state index in [4.69, 9.17) is 4.74 Å². The maximum atomic E-state index is 12.9. The van der Waals surface area contributed by atoms with E-state index in [1.54, 1.807) is 11.1 Å². The molecule has 1 amide bonds. The fourth-order valence-corrected chi connectivity index (χ4v) is 3.31. The number of hydrogen-bond donors (Lipinski definition) is 1. The lowest BCUT2D eigenvalue weighted by atomic mass is 9.88. The predicted molar refractivity (Wildman–Crippen MR) is 88.9 cm³/mol. The number of aliphatic carboxylic acids is 1. The van der Waals surface area contributed by atoms with E-state index in [0.717, 1.165) is 12.2 Å².